The average molecular weight is 2130 g/mol. The largest absolute Gasteiger partial charge is 0.459 e. The van der Waals surface area contributed by atoms with Crippen molar-refractivity contribution >= 4 is 17.9 Å². The predicted molar refractivity (Wildman–Crippen MR) is 572 cm³/mol. The fraction of sp³-hybridized carbons (Fsp3) is 0.974. The third kappa shape index (κ3) is 35.1. The lowest BCUT2D eigenvalue weighted by Gasteiger charge is -2.48. The van der Waals surface area contributed by atoms with Gasteiger partial charge in [0.25, 0.3) is 0 Å². The molecular formula is C114H216N6O29. The predicted octanol–water partition coefficient (Wildman–Crippen LogP) is 11.7. The van der Waals surface area contributed by atoms with Gasteiger partial charge in [-0.15, -0.1) is 0 Å². The smallest absolute Gasteiger partial charge is 0.311 e. The molecular weight excluding hydrogens is 1920 g/mol. The number of aliphatic hydroxyl groups is 11. The molecule has 0 aromatic carbocycles. The van der Waals surface area contributed by atoms with E-state index in [4.69, 9.17) is 71.1 Å². The normalized spacial score (nSPS) is 47.4. The summed E-state index contributed by atoms with van der Waals surface area (Å²) in [6.45, 7) is 64.0. The van der Waals surface area contributed by atoms with Gasteiger partial charge in [-0.1, -0.05) is 104 Å². The highest BCUT2D eigenvalue weighted by molar-refractivity contribution is 5.74. The number of ether oxygens (including phenoxy) is 15. The summed E-state index contributed by atoms with van der Waals surface area (Å²) in [4.78, 5) is 54.7. The van der Waals surface area contributed by atoms with Gasteiger partial charge in [0.1, 0.15) is 59.5 Å². The zero-order valence-electron chi connectivity index (χ0n) is 100. The van der Waals surface area contributed by atoms with E-state index < -0.39 is 240 Å². The van der Waals surface area contributed by atoms with Crippen LogP contribution in [0.3, 0.4) is 0 Å². The highest BCUT2D eigenvalue weighted by Gasteiger charge is 2.58. The summed E-state index contributed by atoms with van der Waals surface area (Å²) < 4.78 is 96.8. The molecule has 0 amide bonds. The topological polar surface area (TPSA) is 432 Å². The van der Waals surface area contributed by atoms with Crippen molar-refractivity contribution in [2.24, 2.45) is 69.5 Å². The SMILES string of the molecule is CC[C@H]1OC(=O)[C@H](C)C(O[C@H]2CC(C)(C)C[C@H](C)O2)[C@H](C)[C@@H](OC2C[C@@H](N(C)C)C[C@@H](C)O2)[C@](C)(O)C[C@@H](C)CN(C)[C@H](C)[C@@H](O)[C@]1(C)O.CC[C@H]1OC(=O)[C@H](C)C(O[C@H]2CC(C)(C)C[C@H](C)O2)[C@H](C)[C@@H](OC2O[C@H](C)C[C@H](N(C)C)[C@H]2O)[C@](C)(O)C[C@@H](C)CN(C)[C@H](C)[C@@H](O)[C@]1(C)O.CC[C@H]1OC(=O)[C@H](C)C(O[C@H]2CC(C)(C)[C@@H](O)[C@H](C)O2)[C@H](C)[C@@H](OC2C[C@@H](N(C)C)C[C@@H](C)O2)[C@](C)(O)C[C@@H](C)CN(C)[C@H](C)[C@@H](O)[C@]1(C)O. The second-order valence-electron chi connectivity index (χ2n) is 52.8. The van der Waals surface area contributed by atoms with E-state index in [9.17, 15) is 70.6 Å². The van der Waals surface area contributed by atoms with Crippen molar-refractivity contribution in [1.29, 1.82) is 0 Å². The number of nitrogens with zero attached hydrogens (tertiary/aromatic N) is 6. The van der Waals surface area contributed by atoms with Gasteiger partial charge in [-0.3, -0.25) is 14.4 Å². The number of rotatable bonds is 18. The van der Waals surface area contributed by atoms with Gasteiger partial charge in [-0.2, -0.15) is 0 Å². The highest BCUT2D eigenvalue weighted by Crippen LogP contribution is 2.48. The summed E-state index contributed by atoms with van der Waals surface area (Å²) >= 11 is 0. The van der Waals surface area contributed by atoms with Crippen molar-refractivity contribution in [2.45, 2.75) is 561 Å². The Labute approximate surface area is 897 Å². The van der Waals surface area contributed by atoms with E-state index in [0.717, 1.165) is 25.7 Å². The van der Waals surface area contributed by atoms with Gasteiger partial charge in [0.05, 0.1) is 114 Å². The summed E-state index contributed by atoms with van der Waals surface area (Å²) in [6, 6.07) is -1.22. The maximum absolute atomic E-state index is 14.2. The average Bonchev–Trinajstić information content (AvgIpc) is 1.79. The molecule has 9 aliphatic heterocycles. The molecule has 9 heterocycles. The van der Waals surface area contributed by atoms with Crippen LogP contribution in [0.2, 0.25) is 0 Å². The fourth-order valence-corrected chi connectivity index (χ4v) is 26.4. The number of esters is 3. The lowest BCUT2D eigenvalue weighted by molar-refractivity contribution is -0.308. The van der Waals surface area contributed by atoms with Gasteiger partial charge in [0.2, 0.25) is 0 Å². The number of cyclic esters (lactones) is 3. The van der Waals surface area contributed by atoms with Gasteiger partial charge in [0.15, 0.2) is 37.7 Å². The fourth-order valence-electron chi connectivity index (χ4n) is 26.4. The first-order valence-electron chi connectivity index (χ1n) is 56.6. The molecule has 0 radical (unpaired) electrons. The van der Waals surface area contributed by atoms with E-state index in [2.05, 4.69) is 58.5 Å². The molecule has 0 aliphatic carbocycles. The molecule has 0 spiro atoms. The standard InChI is InChI=1S/2C38H72N2O10.C38H72N2O9/c1-15-28-38(11,45)32(41)25(6)40(14)20-21(2)18-37(10,44)34(50-29-17-27(39(12)13)16-22(3)46-29)23(4)31(24(5)35(43)48-28)49-30-19-36(8,9)33(42)26(7)47-30;1-15-28-38(11,45)32(42)26(7)40(14)20-21(2)17-37(10,44)33(50-35-30(41)27(39(12)13)16-22(3)47-35)24(5)31(25(6)34(43)48-28)49-29-19-36(8,9)18-23(4)46-29;1-15-29-38(11,44)33(41)27(7)40(14)21-22(2)18-37(10,43)34(49-30-17-28(39(12)13)16-23(3)45-30)25(5)32(26(6)35(42)47-29)48-31-20-36(8,9)19-24(4)46-31/h21-34,41-42,44-45H,15-20H2,1-14H3;21-33,35,41-42,44-45H,15-20H2,1-14H3;22-34,41,43-44H,15-21H2,1-14H3/t21-,22-,23+,24-,25-,26+,27+,28-,29?,30+,31?,32-,33+,34-,37-,38-;21-,22-,23+,24+,25-,26-,27+,28-,29+,30-,31?,32-,33-,35?,37-,38-;22-,23-,24+,25+,26-,27-,28+,29-,30?,31+,32?,33-,34-,37-,38-/m111/s1. The summed E-state index contributed by atoms with van der Waals surface area (Å²) in [5.41, 5.74) is -10.1. The Morgan fingerprint density at radius 3 is 0.886 bits per heavy atom. The molecule has 0 aromatic heterocycles. The Morgan fingerprint density at radius 1 is 0.329 bits per heavy atom. The molecule has 6 unspecified atom stereocenters. The molecule has 149 heavy (non-hydrogen) atoms. The van der Waals surface area contributed by atoms with Crippen molar-refractivity contribution in [3.8, 4) is 0 Å². The van der Waals surface area contributed by atoms with Crippen LogP contribution >= 0.6 is 0 Å². The van der Waals surface area contributed by atoms with E-state index in [-0.39, 0.29) is 96.5 Å². The molecule has 9 aliphatic rings. The maximum atomic E-state index is 14.2. The van der Waals surface area contributed by atoms with Gasteiger partial charge in [-0.05, 0) is 293 Å². The Kier molecular flexibility index (Phi) is 48.8. The zero-order chi connectivity index (χ0) is 113. The molecule has 0 bridgehead atoms. The zero-order valence-corrected chi connectivity index (χ0v) is 100. The highest BCUT2D eigenvalue weighted by atomic mass is 16.7. The Morgan fingerprint density at radius 2 is 0.611 bits per heavy atom. The summed E-state index contributed by atoms with van der Waals surface area (Å²) in [6.07, 6.45) is -9.84. The van der Waals surface area contributed by atoms with Crippen LogP contribution in [0.4, 0.5) is 0 Å². The van der Waals surface area contributed by atoms with Crippen LogP contribution in [0.1, 0.15) is 331 Å². The number of hydrogen-bond donors (Lipinski definition) is 11. The summed E-state index contributed by atoms with van der Waals surface area (Å²) in [5.74, 6) is -6.31. The first-order valence-corrected chi connectivity index (χ1v) is 56.6. The minimum absolute atomic E-state index is 0.0243. The lowest BCUT2D eigenvalue weighted by Crippen LogP contribution is -2.59. The Hall–Kier alpha value is -2.75. The molecule has 35 nitrogen and oxygen atoms in total. The van der Waals surface area contributed by atoms with Gasteiger partial charge in [-0.25, -0.2) is 0 Å². The molecule has 876 valence electrons. The summed E-state index contributed by atoms with van der Waals surface area (Å²) in [7, 11) is 17.7. The van der Waals surface area contributed by atoms with Crippen molar-refractivity contribution < 1.29 is 142 Å². The van der Waals surface area contributed by atoms with Crippen LogP contribution in [0, 0.1) is 69.5 Å². The molecule has 0 saturated carbocycles. The Balaban J connectivity index is 0.000000302. The van der Waals surface area contributed by atoms with Crippen LogP contribution in [0.15, 0.2) is 0 Å². The third-order valence-corrected chi connectivity index (χ3v) is 35.2. The van der Waals surface area contributed by atoms with Crippen LogP contribution in [0.25, 0.3) is 0 Å². The lowest BCUT2D eigenvalue weighted by atomic mass is 9.77. The molecule has 9 saturated heterocycles. The van der Waals surface area contributed by atoms with Crippen molar-refractivity contribution in [2.75, 3.05) is 83.1 Å². The minimum Gasteiger partial charge on any atom is -0.459 e. The maximum Gasteiger partial charge on any atom is 0.311 e. The molecule has 47 atom stereocenters. The van der Waals surface area contributed by atoms with Gasteiger partial charge >= 0.3 is 17.9 Å². The summed E-state index contributed by atoms with van der Waals surface area (Å²) in [5, 5.41) is 129. The monoisotopic (exact) mass is 2130 g/mol. The minimum atomic E-state index is -1.75. The molecule has 11 N–H and O–H groups in total. The van der Waals surface area contributed by atoms with Crippen LogP contribution in [-0.4, -0.2) is 416 Å². The van der Waals surface area contributed by atoms with E-state index in [1.54, 1.807) is 48.5 Å². The second-order valence-corrected chi connectivity index (χ2v) is 52.8. The number of hydrogen-bond acceptors (Lipinski definition) is 35. The second kappa shape index (κ2) is 54.6. The molecule has 9 rings (SSSR count). The van der Waals surface area contributed by atoms with E-state index in [1.165, 1.54) is 20.8 Å². The number of likely N-dealkylation sites (N-methyl/N-ethyl adjacent to an activating group) is 4. The number of carbonyl (C=O) groups is 3. The quantitative estimate of drug-likeness (QED) is 0.0448. The Bertz CT molecular complexity index is 3980. The van der Waals surface area contributed by atoms with E-state index in [0.29, 0.717) is 77.4 Å². The number of carbonyl (C=O) groups excluding carboxylic acids is 3. The molecule has 9 fully saturated rings. The van der Waals surface area contributed by atoms with E-state index >= 15 is 0 Å². The molecule has 35 heteroatoms. The van der Waals surface area contributed by atoms with Crippen LogP contribution in [-0.2, 0) is 85.4 Å². The van der Waals surface area contributed by atoms with Gasteiger partial charge < -0.3 is 157 Å². The number of aliphatic hydroxyl groups excluding tert-OH is 5. The van der Waals surface area contributed by atoms with Gasteiger partial charge in [0, 0.05) is 106 Å². The third-order valence-electron chi connectivity index (χ3n) is 35.2. The van der Waals surface area contributed by atoms with Crippen molar-refractivity contribution in [3.63, 3.8) is 0 Å². The van der Waals surface area contributed by atoms with Crippen molar-refractivity contribution in [1.82, 2.24) is 29.4 Å². The van der Waals surface area contributed by atoms with E-state index in [1.807, 2.05) is 194 Å². The van der Waals surface area contributed by atoms with Crippen LogP contribution < -0.4 is 0 Å². The van der Waals surface area contributed by atoms with Crippen LogP contribution in [0.5, 0.6) is 0 Å². The molecule has 0 aromatic rings. The first-order chi connectivity index (χ1) is 68.3. The van der Waals surface area contributed by atoms with Crippen molar-refractivity contribution in [3.05, 3.63) is 0 Å². The first kappa shape index (κ1) is 133.